The van der Waals surface area contributed by atoms with Crippen molar-refractivity contribution < 1.29 is 14.3 Å². The number of ether oxygens (including phenoxy) is 2. The van der Waals surface area contributed by atoms with Gasteiger partial charge in [0.15, 0.2) is 11.5 Å². The Morgan fingerprint density at radius 3 is 2.70 bits per heavy atom. The number of carbonyl (C=O) groups is 1. The van der Waals surface area contributed by atoms with Crippen LogP contribution in [0.15, 0.2) is 61.2 Å². The lowest BCUT2D eigenvalue weighted by atomic mass is 10.1. The molecule has 23 heavy (non-hydrogen) atoms. The van der Waals surface area contributed by atoms with E-state index in [1.54, 1.807) is 11.0 Å². The van der Waals surface area contributed by atoms with Crippen molar-refractivity contribution in [2.45, 2.75) is 19.4 Å². The minimum atomic E-state index is 0.0776. The normalized spacial score (nSPS) is 12.0. The van der Waals surface area contributed by atoms with Crippen molar-refractivity contribution in [1.29, 1.82) is 0 Å². The zero-order valence-electron chi connectivity index (χ0n) is 12.9. The van der Waals surface area contributed by atoms with E-state index in [9.17, 15) is 4.79 Å². The molecule has 0 radical (unpaired) electrons. The van der Waals surface area contributed by atoms with Crippen LogP contribution < -0.4 is 14.4 Å². The lowest BCUT2D eigenvalue weighted by molar-refractivity contribution is -0.118. The summed E-state index contributed by atoms with van der Waals surface area (Å²) in [5.41, 5.74) is 1.89. The number of hydrogen-bond acceptors (Lipinski definition) is 3. The summed E-state index contributed by atoms with van der Waals surface area (Å²) in [6.07, 6.45) is 2.88. The average Bonchev–Trinajstić information content (AvgIpc) is 3.06. The van der Waals surface area contributed by atoms with E-state index in [1.165, 1.54) is 0 Å². The molecule has 1 heterocycles. The summed E-state index contributed by atoms with van der Waals surface area (Å²) in [6, 6.07) is 15.5. The van der Waals surface area contributed by atoms with Crippen LogP contribution in [0.1, 0.15) is 18.4 Å². The number of rotatable bonds is 6. The van der Waals surface area contributed by atoms with Gasteiger partial charge in [0.2, 0.25) is 12.7 Å². The molecule has 0 aromatic heterocycles. The zero-order valence-corrected chi connectivity index (χ0v) is 12.9. The highest BCUT2D eigenvalue weighted by molar-refractivity contribution is 5.93. The third-order valence-corrected chi connectivity index (χ3v) is 3.71. The first-order chi connectivity index (χ1) is 11.3. The molecule has 0 unspecified atom stereocenters. The predicted molar refractivity (Wildman–Crippen MR) is 89.6 cm³/mol. The molecular weight excluding hydrogens is 290 g/mol. The van der Waals surface area contributed by atoms with Crippen LogP contribution in [-0.2, 0) is 11.3 Å². The van der Waals surface area contributed by atoms with E-state index >= 15 is 0 Å². The molecule has 4 heteroatoms. The number of carbonyl (C=O) groups excluding carboxylic acids is 1. The maximum atomic E-state index is 12.6. The fourth-order valence-electron chi connectivity index (χ4n) is 2.51. The molecule has 0 saturated heterocycles. The Balaban J connectivity index is 1.83. The Bertz CT molecular complexity index is 697. The Hall–Kier alpha value is -2.75. The van der Waals surface area contributed by atoms with Crippen LogP contribution in [0, 0.1) is 0 Å². The number of amides is 1. The summed E-state index contributed by atoms with van der Waals surface area (Å²) in [6.45, 7) is 4.43. The smallest absolute Gasteiger partial charge is 0.231 e. The molecule has 0 atom stereocenters. The quantitative estimate of drug-likeness (QED) is 0.759. The molecule has 2 aromatic carbocycles. The third-order valence-electron chi connectivity index (χ3n) is 3.71. The molecule has 1 aliphatic heterocycles. The van der Waals surface area contributed by atoms with Crippen molar-refractivity contribution in [3.8, 4) is 11.5 Å². The van der Waals surface area contributed by atoms with Crippen molar-refractivity contribution in [1.82, 2.24) is 0 Å². The molecule has 0 saturated carbocycles. The summed E-state index contributed by atoms with van der Waals surface area (Å²) >= 11 is 0. The largest absolute Gasteiger partial charge is 0.454 e. The Labute approximate surface area is 135 Å². The molecule has 1 aliphatic rings. The number of benzene rings is 2. The van der Waals surface area contributed by atoms with Crippen LogP contribution in [0.4, 0.5) is 5.69 Å². The van der Waals surface area contributed by atoms with Gasteiger partial charge in [-0.2, -0.15) is 0 Å². The summed E-state index contributed by atoms with van der Waals surface area (Å²) in [7, 11) is 0. The van der Waals surface area contributed by atoms with Gasteiger partial charge in [-0.05, 0) is 36.2 Å². The molecule has 0 spiro atoms. The first-order valence-corrected chi connectivity index (χ1v) is 7.63. The number of anilines is 1. The maximum absolute atomic E-state index is 12.6. The number of fused-ring (bicyclic) bond motifs is 1. The lowest BCUT2D eigenvalue weighted by Gasteiger charge is -2.23. The minimum absolute atomic E-state index is 0.0776. The van der Waals surface area contributed by atoms with Gasteiger partial charge in [0.05, 0.1) is 6.54 Å². The van der Waals surface area contributed by atoms with E-state index in [0.29, 0.717) is 19.4 Å². The molecule has 1 amide bonds. The summed E-state index contributed by atoms with van der Waals surface area (Å²) in [5, 5.41) is 0. The van der Waals surface area contributed by atoms with Crippen molar-refractivity contribution in [2.75, 3.05) is 11.7 Å². The van der Waals surface area contributed by atoms with Crippen molar-refractivity contribution in [2.24, 2.45) is 0 Å². The first-order valence-electron chi connectivity index (χ1n) is 7.63. The highest BCUT2D eigenvalue weighted by atomic mass is 16.7. The average molecular weight is 309 g/mol. The van der Waals surface area contributed by atoms with Crippen LogP contribution in [0.5, 0.6) is 11.5 Å². The van der Waals surface area contributed by atoms with Gasteiger partial charge in [-0.15, -0.1) is 6.58 Å². The van der Waals surface area contributed by atoms with Crippen molar-refractivity contribution in [3.05, 3.63) is 66.7 Å². The molecule has 4 nitrogen and oxygen atoms in total. The van der Waals surface area contributed by atoms with Gasteiger partial charge < -0.3 is 14.4 Å². The maximum Gasteiger partial charge on any atom is 0.231 e. The number of para-hydroxylation sites is 1. The fourth-order valence-corrected chi connectivity index (χ4v) is 2.51. The van der Waals surface area contributed by atoms with E-state index in [0.717, 1.165) is 22.7 Å². The topological polar surface area (TPSA) is 38.8 Å². The molecule has 2 aromatic rings. The third kappa shape index (κ3) is 3.54. The van der Waals surface area contributed by atoms with Crippen LogP contribution in [0.3, 0.4) is 0 Å². The number of nitrogens with zero attached hydrogens (tertiary/aromatic N) is 1. The predicted octanol–water partition coefficient (Wildman–Crippen LogP) is 3.91. The van der Waals surface area contributed by atoms with Gasteiger partial charge in [0.1, 0.15) is 0 Å². The zero-order chi connectivity index (χ0) is 16.1. The second kappa shape index (κ2) is 7.01. The molecule has 0 bridgehead atoms. The van der Waals surface area contributed by atoms with Gasteiger partial charge in [0, 0.05) is 12.1 Å². The van der Waals surface area contributed by atoms with Crippen LogP contribution in [-0.4, -0.2) is 12.7 Å². The van der Waals surface area contributed by atoms with Crippen LogP contribution >= 0.6 is 0 Å². The first kappa shape index (κ1) is 15.2. The van der Waals surface area contributed by atoms with Gasteiger partial charge in [-0.25, -0.2) is 0 Å². The van der Waals surface area contributed by atoms with E-state index < -0.39 is 0 Å². The Morgan fingerprint density at radius 1 is 1.13 bits per heavy atom. The summed E-state index contributed by atoms with van der Waals surface area (Å²) in [4.78, 5) is 14.4. The van der Waals surface area contributed by atoms with Gasteiger partial charge in [0.25, 0.3) is 0 Å². The molecular formula is C19H19NO3. The fraction of sp³-hybridized carbons (Fsp3) is 0.211. The Morgan fingerprint density at radius 2 is 1.91 bits per heavy atom. The monoisotopic (exact) mass is 309 g/mol. The van der Waals surface area contributed by atoms with Crippen molar-refractivity contribution >= 4 is 11.6 Å². The SMILES string of the molecule is C=CCCC(=O)N(Cc1ccc2c(c1)OCO2)c1ccccc1. The van der Waals surface area contributed by atoms with E-state index in [-0.39, 0.29) is 12.7 Å². The van der Waals surface area contributed by atoms with Crippen molar-refractivity contribution in [3.63, 3.8) is 0 Å². The lowest BCUT2D eigenvalue weighted by Crippen LogP contribution is -2.30. The molecule has 0 fully saturated rings. The second-order valence-corrected chi connectivity index (χ2v) is 5.33. The molecule has 3 rings (SSSR count). The molecule has 118 valence electrons. The highest BCUT2D eigenvalue weighted by Crippen LogP contribution is 2.33. The highest BCUT2D eigenvalue weighted by Gasteiger charge is 2.18. The van der Waals surface area contributed by atoms with E-state index in [1.807, 2.05) is 48.5 Å². The minimum Gasteiger partial charge on any atom is -0.454 e. The molecule has 0 aliphatic carbocycles. The van der Waals surface area contributed by atoms with E-state index in [4.69, 9.17) is 9.47 Å². The van der Waals surface area contributed by atoms with Gasteiger partial charge in [-0.1, -0.05) is 30.3 Å². The second-order valence-electron chi connectivity index (χ2n) is 5.33. The summed E-state index contributed by atoms with van der Waals surface area (Å²) < 4.78 is 10.7. The van der Waals surface area contributed by atoms with E-state index in [2.05, 4.69) is 6.58 Å². The van der Waals surface area contributed by atoms with Crippen LogP contribution in [0.2, 0.25) is 0 Å². The number of hydrogen-bond donors (Lipinski definition) is 0. The molecule has 0 N–H and O–H groups in total. The van der Waals surface area contributed by atoms with Gasteiger partial charge in [-0.3, -0.25) is 4.79 Å². The van der Waals surface area contributed by atoms with Gasteiger partial charge >= 0.3 is 0 Å². The standard InChI is InChI=1S/C19H19NO3/c1-2-3-9-19(21)20(16-7-5-4-6-8-16)13-15-10-11-17-18(12-15)23-14-22-17/h2,4-8,10-12H,1,3,9,13-14H2. The van der Waals surface area contributed by atoms with Crippen LogP contribution in [0.25, 0.3) is 0 Å². The number of allylic oxidation sites excluding steroid dienone is 1. The summed E-state index contributed by atoms with van der Waals surface area (Å²) in [5.74, 6) is 1.56. The Kier molecular flexibility index (Phi) is 4.62.